The average molecular weight is 635 g/mol. The van der Waals surface area contributed by atoms with Crippen molar-refractivity contribution < 1.29 is 74.4 Å². The minimum absolute atomic E-state index is 0.0495. The van der Waals surface area contributed by atoms with E-state index in [4.69, 9.17) is 14.8 Å². The van der Waals surface area contributed by atoms with Crippen LogP contribution in [0.3, 0.4) is 0 Å². The van der Waals surface area contributed by atoms with E-state index in [9.17, 15) is 9.59 Å². The fourth-order valence-corrected chi connectivity index (χ4v) is 11.2. The molecule has 0 spiro atoms. The van der Waals surface area contributed by atoms with E-state index in [2.05, 4.69) is 0 Å². The summed E-state index contributed by atoms with van der Waals surface area (Å²) in [7, 11) is 3.25. The number of carbonyl (C=O) groups excluding carboxylic acids is 2. The summed E-state index contributed by atoms with van der Waals surface area (Å²) in [5.74, 6) is -0.416. The quantitative estimate of drug-likeness (QED) is 0.352. The molecule has 18 heavy (non-hydrogen) atoms. The molecule has 0 N–H and O–H groups in total. The number of hydrogen-bond acceptors (Lipinski definition) is 6. The molecule has 0 aliphatic rings. The van der Waals surface area contributed by atoms with Gasteiger partial charge in [-0.3, -0.25) is 0 Å². The third kappa shape index (κ3) is 9.63. The number of rotatable bonds is 9. The van der Waals surface area contributed by atoms with Gasteiger partial charge in [-0.25, -0.2) is 0 Å². The van der Waals surface area contributed by atoms with Crippen molar-refractivity contribution in [2.75, 3.05) is 14.2 Å². The van der Waals surface area contributed by atoms with Crippen LogP contribution >= 0.6 is 0 Å². The standard InChI is InChI=1S/C6H12O2.2C2H4O2.2Hg/c1-5(7-3)6(2)8-4;2*1-2(3)4;;/h5-6H,1-2H2,3-4H3;2*1H3,(H,3,4);;/q;;;2*+1/p-2/t5-,6+;;;;. The monoisotopic (exact) mass is 638 g/mol. The van der Waals surface area contributed by atoms with Crippen LogP contribution in [0.1, 0.15) is 13.8 Å². The van der Waals surface area contributed by atoms with Crippen molar-refractivity contribution in [1.82, 2.24) is 0 Å². The van der Waals surface area contributed by atoms with Crippen molar-refractivity contribution in [2.45, 2.75) is 33.9 Å². The van der Waals surface area contributed by atoms with Crippen LogP contribution in [0, 0.1) is 0 Å². The molecule has 0 fully saturated rings. The predicted octanol–water partition coefficient (Wildman–Crippen LogP) is 0.974. The molecule has 6 nitrogen and oxygen atoms in total. The van der Waals surface area contributed by atoms with Gasteiger partial charge in [0, 0.05) is 0 Å². The Bertz CT molecular complexity index is 235. The van der Waals surface area contributed by atoms with Crippen LogP contribution in [0.2, 0.25) is 7.86 Å². The zero-order valence-corrected chi connectivity index (χ0v) is 22.4. The van der Waals surface area contributed by atoms with Crippen molar-refractivity contribution in [2.24, 2.45) is 0 Å². The molecule has 0 aliphatic carbocycles. The zero-order valence-electron chi connectivity index (χ0n) is 11.4. The average Bonchev–Trinajstić information content (AvgIpc) is 2.30. The van der Waals surface area contributed by atoms with Crippen LogP contribution in [0.4, 0.5) is 0 Å². The maximum absolute atomic E-state index is 10.7. The summed E-state index contributed by atoms with van der Waals surface area (Å²) < 4.78 is 22.5. The van der Waals surface area contributed by atoms with Crippen LogP contribution in [-0.2, 0) is 74.4 Å². The summed E-state index contributed by atoms with van der Waals surface area (Å²) in [6.45, 7) is 2.85. The second-order valence-corrected chi connectivity index (χ2v) is 13.7. The van der Waals surface area contributed by atoms with Gasteiger partial charge in [0.25, 0.3) is 0 Å². The van der Waals surface area contributed by atoms with Crippen LogP contribution in [0.15, 0.2) is 0 Å². The van der Waals surface area contributed by atoms with Crippen LogP contribution in [0.25, 0.3) is 0 Å². The van der Waals surface area contributed by atoms with Crippen LogP contribution < -0.4 is 0 Å². The molecule has 0 aromatic carbocycles. The van der Waals surface area contributed by atoms with Gasteiger partial charge in [-0.15, -0.1) is 0 Å². The molecule has 0 unspecified atom stereocenters. The van der Waals surface area contributed by atoms with E-state index in [0.29, 0.717) is 0 Å². The van der Waals surface area contributed by atoms with Gasteiger partial charge in [-0.2, -0.15) is 0 Å². The van der Waals surface area contributed by atoms with E-state index in [0.717, 1.165) is 7.86 Å². The molecule has 0 saturated heterocycles. The van der Waals surface area contributed by atoms with Crippen LogP contribution in [-0.4, -0.2) is 38.4 Å². The summed E-state index contributed by atoms with van der Waals surface area (Å²) in [6, 6.07) is 0. The number of methoxy groups -OCH3 is 2. The van der Waals surface area contributed by atoms with Crippen molar-refractivity contribution in [3.63, 3.8) is 0 Å². The molecular weight excluding hydrogens is 617 g/mol. The normalized spacial score (nSPS) is 12.9. The number of ether oxygens (including phenoxy) is 2. The number of hydrogen-bond donors (Lipinski definition) is 0. The third-order valence-electron chi connectivity index (χ3n) is 2.44. The molecule has 0 aromatic heterocycles. The van der Waals surface area contributed by atoms with Gasteiger partial charge in [0.2, 0.25) is 0 Å². The van der Waals surface area contributed by atoms with Gasteiger partial charge in [-0.1, -0.05) is 0 Å². The van der Waals surface area contributed by atoms with E-state index < -0.39 is 50.1 Å². The molecule has 0 aliphatic heterocycles. The van der Waals surface area contributed by atoms with Gasteiger partial charge >= 0.3 is 134 Å². The van der Waals surface area contributed by atoms with Gasteiger partial charge in [0.15, 0.2) is 0 Å². The summed E-state index contributed by atoms with van der Waals surface area (Å²) in [6.07, 6.45) is -0.0989. The maximum atomic E-state index is 10.7. The Morgan fingerprint density at radius 2 is 1.22 bits per heavy atom. The molecular formula is C10H18Hg2O6. The van der Waals surface area contributed by atoms with E-state index in [1.165, 1.54) is 13.8 Å². The first-order chi connectivity index (χ1) is 8.51. The zero-order chi connectivity index (χ0) is 14.0. The van der Waals surface area contributed by atoms with E-state index in [1.807, 2.05) is 0 Å². The molecule has 0 bridgehead atoms. The molecule has 0 radical (unpaired) electrons. The van der Waals surface area contributed by atoms with E-state index >= 15 is 0 Å². The summed E-state index contributed by atoms with van der Waals surface area (Å²) in [5, 5.41) is 0. The fourth-order valence-electron chi connectivity index (χ4n) is 1.55. The summed E-state index contributed by atoms with van der Waals surface area (Å²) in [5.41, 5.74) is 0. The first-order valence-corrected chi connectivity index (χ1v) is 18.1. The predicted molar refractivity (Wildman–Crippen MR) is 54.7 cm³/mol. The van der Waals surface area contributed by atoms with Gasteiger partial charge in [0.05, 0.1) is 0 Å². The molecule has 2 atom stereocenters. The molecule has 0 saturated carbocycles. The van der Waals surface area contributed by atoms with Crippen molar-refractivity contribution in [3.05, 3.63) is 0 Å². The Morgan fingerprint density at radius 3 is 1.44 bits per heavy atom. The summed E-state index contributed by atoms with van der Waals surface area (Å²) >= 11 is -3.32. The van der Waals surface area contributed by atoms with Crippen LogP contribution in [0.5, 0.6) is 0 Å². The first kappa shape index (κ1) is 18.7. The van der Waals surface area contributed by atoms with Crippen molar-refractivity contribution >= 4 is 11.9 Å². The van der Waals surface area contributed by atoms with Crippen molar-refractivity contribution in [1.29, 1.82) is 0 Å². The Balaban J connectivity index is 4.04. The minimum atomic E-state index is -1.66. The molecule has 0 aromatic rings. The molecule has 8 heteroatoms. The van der Waals surface area contributed by atoms with Gasteiger partial charge < -0.3 is 0 Å². The van der Waals surface area contributed by atoms with Gasteiger partial charge in [0.1, 0.15) is 0 Å². The second-order valence-electron chi connectivity index (χ2n) is 3.81. The topological polar surface area (TPSA) is 71.1 Å². The van der Waals surface area contributed by atoms with E-state index in [1.54, 1.807) is 14.2 Å². The molecule has 98 valence electrons. The molecule has 0 heterocycles. The second kappa shape index (κ2) is 11.5. The summed E-state index contributed by atoms with van der Waals surface area (Å²) in [4.78, 5) is 21.4. The Hall–Kier alpha value is 0.730. The van der Waals surface area contributed by atoms with E-state index in [-0.39, 0.29) is 24.1 Å². The van der Waals surface area contributed by atoms with Gasteiger partial charge in [-0.05, 0) is 0 Å². The fraction of sp³-hybridized carbons (Fsp3) is 0.800. The SMILES string of the molecule is CO[C@@H]([CH2][Hg][O]C(C)=O)[C@@H]([CH2][Hg][O]C(C)=O)OC. The Morgan fingerprint density at radius 1 is 0.889 bits per heavy atom. The molecule has 0 amide bonds. The Labute approximate surface area is 133 Å². The third-order valence-corrected chi connectivity index (χ3v) is 13.4. The first-order valence-electron chi connectivity index (χ1n) is 5.83. The van der Waals surface area contributed by atoms with Crippen molar-refractivity contribution in [3.8, 4) is 0 Å². The number of carbonyl (C=O) groups is 2. The molecule has 0 rings (SSSR count). The Kier molecular flexibility index (Phi) is 12.0.